The van der Waals surface area contributed by atoms with Gasteiger partial charge in [-0.1, -0.05) is 16.8 Å². The van der Waals surface area contributed by atoms with E-state index in [2.05, 4.69) is 22.5 Å². The van der Waals surface area contributed by atoms with Crippen LogP contribution in [0.25, 0.3) is 11.4 Å². The summed E-state index contributed by atoms with van der Waals surface area (Å²) in [5, 5.41) is 12.1. The molecule has 0 amide bonds. The van der Waals surface area contributed by atoms with Gasteiger partial charge in [0.2, 0.25) is 5.82 Å². The fraction of sp³-hybridized carbons (Fsp3) is 0. The monoisotopic (exact) mass is 193 g/mol. The second kappa shape index (κ2) is 3.06. The molecular formula is C8H6ClN4-. The van der Waals surface area contributed by atoms with Crippen LogP contribution in [0.5, 0.6) is 0 Å². The van der Waals surface area contributed by atoms with Crippen molar-refractivity contribution in [3.05, 3.63) is 36.3 Å². The topological polar surface area (TPSA) is 43.6 Å². The van der Waals surface area contributed by atoms with Gasteiger partial charge in [0.05, 0.1) is 0 Å². The van der Waals surface area contributed by atoms with Crippen LogP contribution >= 0.6 is 11.6 Å². The van der Waals surface area contributed by atoms with E-state index in [1.807, 2.05) is 12.1 Å². The fourth-order valence-electron chi connectivity index (χ4n) is 0.958. The number of hydrogen-bond donors (Lipinski definition) is 0. The molecule has 0 aliphatic heterocycles. The quantitative estimate of drug-likeness (QED) is 0.647. The maximum atomic E-state index is 5.73. The van der Waals surface area contributed by atoms with E-state index < -0.39 is 0 Å². The molecule has 1 heterocycles. The molecule has 13 heavy (non-hydrogen) atoms. The molecule has 0 saturated carbocycles. The Morgan fingerprint density at radius 2 is 1.92 bits per heavy atom. The summed E-state index contributed by atoms with van der Waals surface area (Å²) in [6.45, 7) is 0. The summed E-state index contributed by atoms with van der Waals surface area (Å²) in [6.07, 6.45) is 0. The van der Waals surface area contributed by atoms with E-state index in [1.54, 1.807) is 12.1 Å². The van der Waals surface area contributed by atoms with Crippen molar-refractivity contribution < 1.29 is 0 Å². The van der Waals surface area contributed by atoms with Gasteiger partial charge in [0.15, 0.2) is 0 Å². The molecule has 2 rings (SSSR count). The van der Waals surface area contributed by atoms with Crippen molar-refractivity contribution in [1.82, 2.24) is 20.2 Å². The molecule has 0 spiro atoms. The molecule has 66 valence electrons. The van der Waals surface area contributed by atoms with Crippen molar-refractivity contribution in [3.63, 3.8) is 0 Å². The molecule has 4 nitrogen and oxygen atoms in total. The van der Waals surface area contributed by atoms with E-state index in [1.165, 1.54) is 4.80 Å². The minimum Gasteiger partial charge on any atom is -0.301 e. The average molecular weight is 194 g/mol. The Morgan fingerprint density at radius 1 is 1.23 bits per heavy atom. The van der Waals surface area contributed by atoms with Gasteiger partial charge in [0.1, 0.15) is 0 Å². The van der Waals surface area contributed by atoms with Gasteiger partial charge >= 0.3 is 0 Å². The number of aromatic nitrogens is 4. The summed E-state index contributed by atoms with van der Waals surface area (Å²) in [7, 11) is 3.49. The minimum atomic E-state index is 0.548. The highest BCUT2D eigenvalue weighted by molar-refractivity contribution is 6.30. The van der Waals surface area contributed by atoms with Crippen molar-refractivity contribution >= 4 is 11.6 Å². The molecular weight excluding hydrogens is 188 g/mol. The third-order valence-corrected chi connectivity index (χ3v) is 1.81. The zero-order valence-corrected chi connectivity index (χ0v) is 7.44. The first-order valence-electron chi connectivity index (χ1n) is 3.62. The van der Waals surface area contributed by atoms with Crippen molar-refractivity contribution in [2.45, 2.75) is 0 Å². The van der Waals surface area contributed by atoms with Crippen LogP contribution in [-0.2, 0) is 0 Å². The molecule has 0 N–H and O–H groups in total. The van der Waals surface area contributed by atoms with Crippen molar-refractivity contribution in [2.75, 3.05) is 0 Å². The zero-order valence-electron chi connectivity index (χ0n) is 6.68. The van der Waals surface area contributed by atoms with Crippen LogP contribution in [0.4, 0.5) is 0 Å². The zero-order chi connectivity index (χ0) is 9.26. The van der Waals surface area contributed by atoms with Crippen LogP contribution in [0, 0.1) is 7.05 Å². The van der Waals surface area contributed by atoms with Crippen molar-refractivity contribution in [1.29, 1.82) is 0 Å². The van der Waals surface area contributed by atoms with Gasteiger partial charge in [-0.2, -0.15) is 5.10 Å². The predicted octanol–water partition coefficient (Wildman–Crippen LogP) is 1.63. The highest BCUT2D eigenvalue weighted by atomic mass is 35.5. The van der Waals surface area contributed by atoms with Crippen LogP contribution in [0.1, 0.15) is 0 Å². The van der Waals surface area contributed by atoms with Crippen LogP contribution < -0.4 is 0 Å². The normalized spacial score (nSPS) is 10.2. The summed E-state index contributed by atoms with van der Waals surface area (Å²) >= 11 is 5.73. The Kier molecular flexibility index (Phi) is 1.90. The predicted molar refractivity (Wildman–Crippen MR) is 49.0 cm³/mol. The summed E-state index contributed by atoms with van der Waals surface area (Å²) in [4.78, 5) is 1.17. The summed E-state index contributed by atoms with van der Waals surface area (Å²) in [5.74, 6) is 0.548. The number of nitrogens with zero attached hydrogens (tertiary/aromatic N) is 4. The molecule has 0 bridgehead atoms. The van der Waals surface area contributed by atoms with E-state index in [0.717, 1.165) is 5.56 Å². The van der Waals surface area contributed by atoms with Crippen molar-refractivity contribution in [2.24, 2.45) is 0 Å². The number of tetrazole rings is 1. The lowest BCUT2D eigenvalue weighted by Crippen LogP contribution is -1.88. The molecule has 1 aromatic heterocycles. The second-order valence-corrected chi connectivity index (χ2v) is 2.93. The molecule has 0 radical (unpaired) electrons. The standard InChI is InChI=1S/C8H6ClN4/c1-13-11-8(10-12-13)6-2-4-7(9)5-3-6/h2-5H,1H2/q-1. The smallest absolute Gasteiger partial charge is 0.202 e. The highest BCUT2D eigenvalue weighted by Crippen LogP contribution is 2.16. The molecule has 0 aliphatic carbocycles. The molecule has 0 atom stereocenters. The van der Waals surface area contributed by atoms with E-state index in [9.17, 15) is 0 Å². The van der Waals surface area contributed by atoms with E-state index in [4.69, 9.17) is 11.6 Å². The second-order valence-electron chi connectivity index (χ2n) is 2.49. The van der Waals surface area contributed by atoms with Gasteiger partial charge in [0.25, 0.3) is 0 Å². The fourth-order valence-corrected chi connectivity index (χ4v) is 1.08. The van der Waals surface area contributed by atoms with Gasteiger partial charge in [-0.3, -0.25) is 7.05 Å². The number of halogens is 1. The Labute approximate surface area is 80.1 Å². The van der Waals surface area contributed by atoms with Crippen LogP contribution in [0.3, 0.4) is 0 Å². The lowest BCUT2D eigenvalue weighted by atomic mass is 10.2. The van der Waals surface area contributed by atoms with Gasteiger partial charge in [-0.15, -0.1) is 5.10 Å². The lowest BCUT2D eigenvalue weighted by Gasteiger charge is -1.94. The molecule has 0 unspecified atom stereocenters. The van der Waals surface area contributed by atoms with Gasteiger partial charge in [0, 0.05) is 10.6 Å². The van der Waals surface area contributed by atoms with Gasteiger partial charge in [-0.25, -0.2) is 0 Å². The Hall–Kier alpha value is -1.55. The number of hydrogen-bond acceptors (Lipinski definition) is 3. The maximum Gasteiger partial charge on any atom is 0.202 e. The van der Waals surface area contributed by atoms with E-state index in [0.29, 0.717) is 10.8 Å². The minimum absolute atomic E-state index is 0.548. The Morgan fingerprint density at radius 3 is 2.46 bits per heavy atom. The lowest BCUT2D eigenvalue weighted by molar-refractivity contribution is 0.714. The first-order chi connectivity index (χ1) is 6.25. The largest absolute Gasteiger partial charge is 0.301 e. The third-order valence-electron chi connectivity index (χ3n) is 1.56. The van der Waals surface area contributed by atoms with E-state index >= 15 is 0 Å². The van der Waals surface area contributed by atoms with Gasteiger partial charge in [-0.05, 0) is 24.3 Å². The summed E-state index contributed by atoms with van der Waals surface area (Å²) < 4.78 is 0. The number of benzene rings is 1. The molecule has 5 heteroatoms. The summed E-state index contributed by atoms with van der Waals surface area (Å²) in [5.41, 5.74) is 0.874. The Balaban J connectivity index is 2.41. The molecule has 1 aromatic carbocycles. The molecule has 0 fully saturated rings. The highest BCUT2D eigenvalue weighted by Gasteiger charge is 2.01. The first-order valence-corrected chi connectivity index (χ1v) is 4.00. The van der Waals surface area contributed by atoms with E-state index in [-0.39, 0.29) is 0 Å². The molecule has 0 saturated heterocycles. The molecule has 0 aliphatic rings. The Bertz CT molecular complexity index is 406. The first kappa shape index (κ1) is 8.07. The van der Waals surface area contributed by atoms with Crippen LogP contribution in [0.2, 0.25) is 5.02 Å². The third kappa shape index (κ3) is 1.62. The van der Waals surface area contributed by atoms with Crippen LogP contribution in [0.15, 0.2) is 24.3 Å². The SMILES string of the molecule is [CH2-]n1nnc(-c2ccc(Cl)cc2)n1. The molecule has 2 aromatic rings. The summed E-state index contributed by atoms with van der Waals surface area (Å²) in [6, 6.07) is 7.22. The van der Waals surface area contributed by atoms with Gasteiger partial charge < -0.3 is 4.80 Å². The average Bonchev–Trinajstić information content (AvgIpc) is 2.53. The number of rotatable bonds is 1. The van der Waals surface area contributed by atoms with Crippen LogP contribution in [-0.4, -0.2) is 20.2 Å². The maximum absolute atomic E-state index is 5.73. The van der Waals surface area contributed by atoms with Crippen molar-refractivity contribution in [3.8, 4) is 11.4 Å².